The zero-order valence-corrected chi connectivity index (χ0v) is 8.49. The monoisotopic (exact) mass is 210 g/mol. The van der Waals surface area contributed by atoms with Gasteiger partial charge in [0.1, 0.15) is 5.69 Å². The van der Waals surface area contributed by atoms with E-state index in [0.717, 1.165) is 5.69 Å². The average Bonchev–Trinajstić information content (AvgIpc) is 2.86. The highest BCUT2D eigenvalue weighted by molar-refractivity contribution is 7.07. The maximum absolute atomic E-state index is 5.49. The average molecular weight is 210 g/mol. The third-order valence-electron chi connectivity index (χ3n) is 1.88. The van der Waals surface area contributed by atoms with Gasteiger partial charge < -0.3 is 10.3 Å². The van der Waals surface area contributed by atoms with Crippen molar-refractivity contribution in [2.45, 2.75) is 12.8 Å². The lowest BCUT2D eigenvalue weighted by molar-refractivity contribution is 0.361. The molecule has 2 aromatic heterocycles. The molecule has 2 rings (SSSR count). The van der Waals surface area contributed by atoms with Crippen LogP contribution in [0.3, 0.4) is 0 Å². The summed E-state index contributed by atoms with van der Waals surface area (Å²) in [5.74, 6) is 1.19. The normalized spacial score (nSPS) is 13.0. The Hall–Kier alpha value is -1.27. The number of thiazole rings is 1. The lowest BCUT2D eigenvalue weighted by Gasteiger charge is -1.98. The van der Waals surface area contributed by atoms with Crippen LogP contribution in [0, 0.1) is 0 Å². The Morgan fingerprint density at radius 3 is 3.14 bits per heavy atom. The molecular formula is C8H10N4OS. The van der Waals surface area contributed by atoms with E-state index in [9.17, 15) is 0 Å². The van der Waals surface area contributed by atoms with Gasteiger partial charge in [-0.15, -0.1) is 11.3 Å². The molecule has 2 N–H and O–H groups in total. The van der Waals surface area contributed by atoms with Gasteiger partial charge in [0, 0.05) is 17.8 Å². The molecule has 1 atom stereocenters. The molecule has 0 bridgehead atoms. The Labute approximate surface area is 85.0 Å². The Morgan fingerprint density at radius 2 is 2.50 bits per heavy atom. The minimum absolute atomic E-state index is 0.0925. The summed E-state index contributed by atoms with van der Waals surface area (Å²) in [7, 11) is 0. The molecule has 0 fully saturated rings. The summed E-state index contributed by atoms with van der Waals surface area (Å²) in [5.41, 5.74) is 7.97. The lowest BCUT2D eigenvalue weighted by Crippen LogP contribution is -2.08. The molecule has 0 spiro atoms. The summed E-state index contributed by atoms with van der Waals surface area (Å²) < 4.78 is 5.06. The molecule has 0 aliphatic rings. The molecule has 14 heavy (non-hydrogen) atoms. The fraction of sp³-hybridized carbons (Fsp3) is 0.375. The van der Waals surface area contributed by atoms with Crippen molar-refractivity contribution < 1.29 is 4.52 Å². The second kappa shape index (κ2) is 3.85. The van der Waals surface area contributed by atoms with E-state index in [2.05, 4.69) is 15.1 Å². The van der Waals surface area contributed by atoms with Crippen molar-refractivity contribution in [3.05, 3.63) is 16.8 Å². The lowest BCUT2D eigenvalue weighted by atomic mass is 10.2. The highest BCUT2D eigenvalue weighted by Crippen LogP contribution is 2.18. The predicted octanol–water partition coefficient (Wildman–Crippen LogP) is 1.26. The van der Waals surface area contributed by atoms with Crippen LogP contribution >= 0.6 is 11.3 Å². The van der Waals surface area contributed by atoms with Gasteiger partial charge in [0.2, 0.25) is 11.7 Å². The van der Waals surface area contributed by atoms with E-state index in [4.69, 9.17) is 10.3 Å². The maximum atomic E-state index is 5.49. The molecule has 0 aliphatic carbocycles. The van der Waals surface area contributed by atoms with Gasteiger partial charge in [-0.1, -0.05) is 12.1 Å². The van der Waals surface area contributed by atoms with E-state index in [0.29, 0.717) is 18.3 Å². The highest BCUT2D eigenvalue weighted by Gasteiger charge is 2.14. The van der Waals surface area contributed by atoms with Crippen molar-refractivity contribution in [1.29, 1.82) is 0 Å². The zero-order chi connectivity index (χ0) is 9.97. The fourth-order valence-corrected chi connectivity index (χ4v) is 1.49. The molecule has 6 heteroatoms. The molecule has 0 aliphatic heterocycles. The summed E-state index contributed by atoms with van der Waals surface area (Å²) in [6.07, 6.45) is 0. The van der Waals surface area contributed by atoms with Crippen LogP contribution in [-0.2, 0) is 0 Å². The van der Waals surface area contributed by atoms with Gasteiger partial charge in [-0.25, -0.2) is 4.98 Å². The van der Waals surface area contributed by atoms with Gasteiger partial charge in [-0.3, -0.25) is 0 Å². The van der Waals surface area contributed by atoms with Crippen LogP contribution in [0.1, 0.15) is 18.7 Å². The van der Waals surface area contributed by atoms with Crippen molar-refractivity contribution >= 4 is 11.3 Å². The van der Waals surface area contributed by atoms with Gasteiger partial charge in [0.15, 0.2) is 0 Å². The van der Waals surface area contributed by atoms with Gasteiger partial charge in [0.25, 0.3) is 0 Å². The van der Waals surface area contributed by atoms with E-state index in [-0.39, 0.29) is 5.92 Å². The molecule has 0 saturated carbocycles. The Balaban J connectivity index is 2.26. The molecule has 2 aromatic rings. The number of hydrogen-bond donors (Lipinski definition) is 1. The SMILES string of the molecule is CC(CN)c1nc(-c2cscn2)no1. The van der Waals surface area contributed by atoms with Crippen molar-refractivity contribution in [3.8, 4) is 11.5 Å². The standard InChI is InChI=1S/C8H10N4OS/c1-5(2-9)8-11-7(12-13-8)6-3-14-4-10-6/h3-5H,2,9H2,1H3. The van der Waals surface area contributed by atoms with Crippen molar-refractivity contribution in [3.63, 3.8) is 0 Å². The van der Waals surface area contributed by atoms with Crippen LogP contribution in [-0.4, -0.2) is 21.7 Å². The molecule has 0 aromatic carbocycles. The Morgan fingerprint density at radius 1 is 1.64 bits per heavy atom. The molecular weight excluding hydrogens is 200 g/mol. The van der Waals surface area contributed by atoms with Gasteiger partial charge in [-0.05, 0) is 0 Å². The van der Waals surface area contributed by atoms with Crippen molar-refractivity contribution in [2.75, 3.05) is 6.54 Å². The molecule has 0 saturated heterocycles. The van der Waals surface area contributed by atoms with E-state index in [1.54, 1.807) is 5.51 Å². The third kappa shape index (κ3) is 1.66. The van der Waals surface area contributed by atoms with Gasteiger partial charge in [0.05, 0.1) is 5.51 Å². The first-order chi connectivity index (χ1) is 6.81. The summed E-state index contributed by atoms with van der Waals surface area (Å²) in [4.78, 5) is 8.30. The van der Waals surface area contributed by atoms with Crippen LogP contribution in [0.15, 0.2) is 15.4 Å². The summed E-state index contributed by atoms with van der Waals surface area (Å²) in [5, 5.41) is 5.71. The van der Waals surface area contributed by atoms with Crippen molar-refractivity contribution in [2.24, 2.45) is 5.73 Å². The van der Waals surface area contributed by atoms with Gasteiger partial charge in [-0.2, -0.15) is 4.98 Å². The van der Waals surface area contributed by atoms with Crippen LogP contribution < -0.4 is 5.73 Å². The first-order valence-corrected chi connectivity index (χ1v) is 5.17. The van der Waals surface area contributed by atoms with Crippen LogP contribution in [0.4, 0.5) is 0 Å². The van der Waals surface area contributed by atoms with E-state index in [1.165, 1.54) is 11.3 Å². The quantitative estimate of drug-likeness (QED) is 0.825. The van der Waals surface area contributed by atoms with Crippen LogP contribution in [0.2, 0.25) is 0 Å². The minimum atomic E-state index is 0.0925. The number of aromatic nitrogens is 3. The second-order valence-corrected chi connectivity index (χ2v) is 3.69. The summed E-state index contributed by atoms with van der Waals surface area (Å²) in [6.45, 7) is 2.44. The second-order valence-electron chi connectivity index (χ2n) is 2.97. The number of nitrogens with zero attached hydrogens (tertiary/aromatic N) is 3. The zero-order valence-electron chi connectivity index (χ0n) is 7.67. The summed E-state index contributed by atoms with van der Waals surface area (Å²) >= 11 is 1.50. The first-order valence-electron chi connectivity index (χ1n) is 4.23. The minimum Gasteiger partial charge on any atom is -0.339 e. The number of rotatable bonds is 3. The number of nitrogens with two attached hydrogens (primary N) is 1. The van der Waals surface area contributed by atoms with Crippen molar-refractivity contribution in [1.82, 2.24) is 15.1 Å². The smallest absolute Gasteiger partial charge is 0.231 e. The Kier molecular flexibility index (Phi) is 2.55. The number of hydrogen-bond acceptors (Lipinski definition) is 6. The molecule has 1 unspecified atom stereocenters. The molecule has 74 valence electrons. The Bertz CT molecular complexity index is 397. The molecule has 0 radical (unpaired) electrons. The first kappa shape index (κ1) is 9.29. The topological polar surface area (TPSA) is 77.8 Å². The van der Waals surface area contributed by atoms with Crippen LogP contribution in [0.5, 0.6) is 0 Å². The molecule has 5 nitrogen and oxygen atoms in total. The van der Waals surface area contributed by atoms with Crippen LogP contribution in [0.25, 0.3) is 11.5 Å². The summed E-state index contributed by atoms with van der Waals surface area (Å²) in [6, 6.07) is 0. The maximum Gasteiger partial charge on any atom is 0.231 e. The third-order valence-corrected chi connectivity index (χ3v) is 2.46. The van der Waals surface area contributed by atoms with E-state index >= 15 is 0 Å². The highest BCUT2D eigenvalue weighted by atomic mass is 32.1. The predicted molar refractivity (Wildman–Crippen MR) is 52.9 cm³/mol. The van der Waals surface area contributed by atoms with Gasteiger partial charge >= 0.3 is 0 Å². The largest absolute Gasteiger partial charge is 0.339 e. The van der Waals surface area contributed by atoms with E-state index < -0.39 is 0 Å². The fourth-order valence-electron chi connectivity index (χ4n) is 0.963. The molecule has 0 amide bonds. The molecule has 2 heterocycles. The van der Waals surface area contributed by atoms with E-state index in [1.807, 2.05) is 12.3 Å².